The van der Waals surface area contributed by atoms with Crippen LogP contribution in [-0.2, 0) is 10.0 Å². The number of hydrogen-bond donors (Lipinski definition) is 3. The number of nitrogens with two attached hydrogens (primary N) is 1. The molecule has 2 heterocycles. The van der Waals surface area contributed by atoms with Crippen molar-refractivity contribution in [2.24, 2.45) is 5.84 Å². The second kappa shape index (κ2) is 5.28. The lowest BCUT2D eigenvalue weighted by molar-refractivity contribution is 0.601. The van der Waals surface area contributed by atoms with Crippen molar-refractivity contribution in [2.75, 3.05) is 10.1 Å². The molecule has 0 bridgehead atoms. The standard InChI is InChI=1S/C12H11N5O2S2/c13-16-11-6-5-8(7-14-11)21(18,19)17-12-15-9-3-1-2-4-10(9)20-12/h1-7H,13H2,(H,14,16)(H,15,17). The maximum atomic E-state index is 12.2. The molecular formula is C12H11N5O2S2. The SMILES string of the molecule is NNc1ccc(S(=O)(=O)Nc2nc3ccccc3s2)cn1. The number of para-hydroxylation sites is 1. The van der Waals surface area contributed by atoms with Crippen LogP contribution in [0.25, 0.3) is 10.2 Å². The van der Waals surface area contributed by atoms with Crippen LogP contribution in [0.3, 0.4) is 0 Å². The number of anilines is 2. The summed E-state index contributed by atoms with van der Waals surface area (Å²) in [6, 6.07) is 10.3. The van der Waals surface area contributed by atoms with Crippen molar-refractivity contribution in [3.8, 4) is 0 Å². The highest BCUT2D eigenvalue weighted by molar-refractivity contribution is 7.93. The molecule has 4 N–H and O–H groups in total. The molecule has 0 spiro atoms. The molecule has 2 aromatic heterocycles. The van der Waals surface area contributed by atoms with Crippen LogP contribution in [0.2, 0.25) is 0 Å². The Morgan fingerprint density at radius 1 is 1.14 bits per heavy atom. The van der Waals surface area contributed by atoms with Crippen LogP contribution in [0.1, 0.15) is 0 Å². The number of nitrogens with zero attached hydrogens (tertiary/aromatic N) is 2. The Morgan fingerprint density at radius 3 is 2.62 bits per heavy atom. The fraction of sp³-hybridized carbons (Fsp3) is 0. The van der Waals surface area contributed by atoms with Crippen molar-refractivity contribution in [3.05, 3.63) is 42.6 Å². The third-order valence-electron chi connectivity index (χ3n) is 2.71. The maximum absolute atomic E-state index is 12.2. The van der Waals surface area contributed by atoms with Crippen molar-refractivity contribution >= 4 is 42.5 Å². The number of sulfonamides is 1. The molecule has 0 atom stereocenters. The van der Waals surface area contributed by atoms with Crippen LogP contribution in [0.4, 0.5) is 10.9 Å². The molecule has 1 aromatic carbocycles. The minimum absolute atomic E-state index is 0.0424. The van der Waals surface area contributed by atoms with Gasteiger partial charge >= 0.3 is 0 Å². The summed E-state index contributed by atoms with van der Waals surface area (Å²) in [7, 11) is -3.72. The monoisotopic (exact) mass is 321 g/mol. The average molecular weight is 321 g/mol. The highest BCUT2D eigenvalue weighted by Crippen LogP contribution is 2.27. The van der Waals surface area contributed by atoms with E-state index in [1.165, 1.54) is 29.7 Å². The zero-order valence-corrected chi connectivity index (χ0v) is 12.3. The van der Waals surface area contributed by atoms with Gasteiger partial charge in [-0.25, -0.2) is 24.2 Å². The van der Waals surface area contributed by atoms with Crippen LogP contribution in [-0.4, -0.2) is 18.4 Å². The highest BCUT2D eigenvalue weighted by atomic mass is 32.2. The van der Waals surface area contributed by atoms with Gasteiger partial charge in [-0.15, -0.1) is 0 Å². The lowest BCUT2D eigenvalue weighted by Crippen LogP contribution is -2.14. The Labute approximate surface area is 124 Å². The predicted octanol–water partition coefficient (Wildman–Crippen LogP) is 1.78. The van der Waals surface area contributed by atoms with Crippen LogP contribution < -0.4 is 16.0 Å². The molecule has 0 radical (unpaired) electrons. The van der Waals surface area contributed by atoms with Crippen molar-refractivity contribution < 1.29 is 8.42 Å². The Hall–Kier alpha value is -2.23. The highest BCUT2D eigenvalue weighted by Gasteiger charge is 2.17. The molecule has 0 saturated carbocycles. The predicted molar refractivity (Wildman–Crippen MR) is 82.5 cm³/mol. The summed E-state index contributed by atoms with van der Waals surface area (Å²) in [6.45, 7) is 0. The molecule has 7 nitrogen and oxygen atoms in total. The summed E-state index contributed by atoms with van der Waals surface area (Å²) in [5, 5.41) is 0.317. The number of hydrogen-bond acceptors (Lipinski definition) is 7. The summed E-state index contributed by atoms with van der Waals surface area (Å²) >= 11 is 1.27. The van der Waals surface area contributed by atoms with Gasteiger partial charge in [0.1, 0.15) is 10.7 Å². The second-order valence-electron chi connectivity index (χ2n) is 4.12. The molecule has 0 unspecified atom stereocenters. The Balaban J connectivity index is 1.91. The Morgan fingerprint density at radius 2 is 1.95 bits per heavy atom. The van der Waals surface area contributed by atoms with E-state index < -0.39 is 10.0 Å². The van der Waals surface area contributed by atoms with E-state index >= 15 is 0 Å². The topological polar surface area (TPSA) is 110 Å². The first-order valence-corrected chi connectivity index (χ1v) is 8.19. The number of nitrogen functional groups attached to an aromatic ring is 1. The summed E-state index contributed by atoms with van der Waals surface area (Å²) in [4.78, 5) is 8.15. The van der Waals surface area contributed by atoms with Gasteiger partial charge in [0.25, 0.3) is 10.0 Å². The van der Waals surface area contributed by atoms with Gasteiger partial charge in [-0.2, -0.15) is 0 Å². The number of fused-ring (bicyclic) bond motifs is 1. The fourth-order valence-corrected chi connectivity index (χ4v) is 3.76. The first kappa shape index (κ1) is 13.7. The normalized spacial score (nSPS) is 11.5. The van der Waals surface area contributed by atoms with Crippen molar-refractivity contribution in [1.82, 2.24) is 9.97 Å². The molecular weight excluding hydrogens is 310 g/mol. The smallest absolute Gasteiger partial charge is 0.265 e. The average Bonchev–Trinajstić information content (AvgIpc) is 2.88. The first-order valence-electron chi connectivity index (χ1n) is 5.89. The lowest BCUT2D eigenvalue weighted by atomic mass is 10.3. The number of aromatic nitrogens is 2. The van der Waals surface area contributed by atoms with E-state index in [0.717, 1.165) is 10.2 Å². The van der Waals surface area contributed by atoms with Crippen LogP contribution >= 0.6 is 11.3 Å². The molecule has 0 aliphatic rings. The quantitative estimate of drug-likeness (QED) is 0.499. The minimum Gasteiger partial charge on any atom is -0.308 e. The number of nitrogens with one attached hydrogen (secondary N) is 2. The fourth-order valence-electron chi connectivity index (χ4n) is 1.71. The molecule has 0 amide bonds. The zero-order chi connectivity index (χ0) is 14.9. The maximum Gasteiger partial charge on any atom is 0.265 e. The van der Waals surface area contributed by atoms with Gasteiger partial charge in [0, 0.05) is 6.20 Å². The van der Waals surface area contributed by atoms with Crippen LogP contribution in [0.5, 0.6) is 0 Å². The molecule has 0 aliphatic heterocycles. The summed E-state index contributed by atoms with van der Waals surface area (Å²) in [6.07, 6.45) is 1.23. The van der Waals surface area contributed by atoms with E-state index in [-0.39, 0.29) is 4.90 Å². The van der Waals surface area contributed by atoms with Gasteiger partial charge in [0.05, 0.1) is 10.2 Å². The van der Waals surface area contributed by atoms with Gasteiger partial charge in [-0.1, -0.05) is 23.5 Å². The van der Waals surface area contributed by atoms with Gasteiger partial charge in [-0.05, 0) is 24.3 Å². The molecule has 108 valence electrons. The lowest BCUT2D eigenvalue weighted by Gasteiger charge is -2.05. The van der Waals surface area contributed by atoms with Crippen molar-refractivity contribution in [1.29, 1.82) is 0 Å². The Bertz CT molecular complexity index is 841. The van der Waals surface area contributed by atoms with Crippen LogP contribution in [0.15, 0.2) is 47.5 Å². The van der Waals surface area contributed by atoms with E-state index in [2.05, 4.69) is 20.1 Å². The van der Waals surface area contributed by atoms with Crippen molar-refractivity contribution in [3.63, 3.8) is 0 Å². The number of pyridine rings is 1. The number of hydrazine groups is 1. The van der Waals surface area contributed by atoms with Gasteiger partial charge in [-0.3, -0.25) is 4.72 Å². The largest absolute Gasteiger partial charge is 0.308 e. The molecule has 3 aromatic rings. The van der Waals surface area contributed by atoms with Gasteiger partial charge in [0.15, 0.2) is 5.13 Å². The number of benzene rings is 1. The molecule has 21 heavy (non-hydrogen) atoms. The van der Waals surface area contributed by atoms with E-state index in [4.69, 9.17) is 5.84 Å². The molecule has 0 saturated heterocycles. The Kier molecular flexibility index (Phi) is 3.45. The van der Waals surface area contributed by atoms with Crippen LogP contribution in [0, 0.1) is 0 Å². The minimum atomic E-state index is -3.72. The summed E-state index contributed by atoms with van der Waals surface area (Å²) in [5.74, 6) is 5.57. The molecule has 9 heteroatoms. The van der Waals surface area contributed by atoms with E-state index in [1.54, 1.807) is 0 Å². The summed E-state index contributed by atoms with van der Waals surface area (Å²) in [5.41, 5.74) is 3.09. The van der Waals surface area contributed by atoms with Gasteiger partial charge in [0.2, 0.25) is 0 Å². The van der Waals surface area contributed by atoms with E-state index in [1.807, 2.05) is 24.3 Å². The third kappa shape index (κ3) is 2.79. The second-order valence-corrected chi connectivity index (χ2v) is 6.83. The van der Waals surface area contributed by atoms with E-state index in [9.17, 15) is 8.42 Å². The van der Waals surface area contributed by atoms with Crippen molar-refractivity contribution in [2.45, 2.75) is 4.90 Å². The zero-order valence-electron chi connectivity index (χ0n) is 10.6. The van der Waals surface area contributed by atoms with Gasteiger partial charge < -0.3 is 5.43 Å². The third-order valence-corrected chi connectivity index (χ3v) is 5.12. The molecule has 0 fully saturated rings. The number of rotatable bonds is 4. The van der Waals surface area contributed by atoms with E-state index in [0.29, 0.717) is 10.9 Å². The first-order chi connectivity index (χ1) is 10.1. The molecule has 0 aliphatic carbocycles. The molecule has 3 rings (SSSR count). The summed E-state index contributed by atoms with van der Waals surface area (Å²) < 4.78 is 27.8. The number of thiazole rings is 1.